The molecular formula is C24H18ClNO3S. The molecule has 0 heterocycles. The van der Waals surface area contributed by atoms with Gasteiger partial charge in [0.2, 0.25) is 0 Å². The Kier molecular flexibility index (Phi) is 5.57. The monoisotopic (exact) mass is 435 g/mol. The Morgan fingerprint density at radius 2 is 1.63 bits per heavy atom. The van der Waals surface area contributed by atoms with E-state index in [4.69, 9.17) is 15.8 Å². The lowest BCUT2D eigenvalue weighted by Crippen LogP contribution is -2.11. The first kappa shape index (κ1) is 20.1. The molecule has 4 aromatic carbocycles. The predicted molar refractivity (Wildman–Crippen MR) is 122 cm³/mol. The van der Waals surface area contributed by atoms with Gasteiger partial charge in [-0.2, -0.15) is 8.42 Å². The summed E-state index contributed by atoms with van der Waals surface area (Å²) in [5.41, 5.74) is 2.19. The molecule has 6 heteroatoms. The Bertz CT molecular complexity index is 1350. The largest absolute Gasteiger partial charge is 0.378 e. The van der Waals surface area contributed by atoms with Crippen molar-refractivity contribution < 1.29 is 12.6 Å². The number of aliphatic imine (C=N–C) groups is 1. The number of fused-ring (bicyclic) bond motifs is 1. The molecule has 0 aliphatic heterocycles. The zero-order chi connectivity index (χ0) is 21.1. The maximum absolute atomic E-state index is 12.8. The predicted octanol–water partition coefficient (Wildman–Crippen LogP) is 6.32. The molecule has 0 radical (unpaired) electrons. The molecule has 0 saturated carbocycles. The van der Waals surface area contributed by atoms with Crippen LogP contribution in [0.15, 0.2) is 94.8 Å². The van der Waals surface area contributed by atoms with Crippen LogP contribution in [0.4, 0.5) is 5.69 Å². The first-order valence-corrected chi connectivity index (χ1v) is 11.0. The Morgan fingerprint density at radius 3 is 2.40 bits per heavy atom. The van der Waals surface area contributed by atoms with Crippen LogP contribution in [0.5, 0.6) is 5.75 Å². The molecule has 0 aliphatic rings. The molecule has 0 fully saturated rings. The highest BCUT2D eigenvalue weighted by atomic mass is 35.5. The van der Waals surface area contributed by atoms with E-state index >= 15 is 0 Å². The molecule has 0 atom stereocenters. The van der Waals surface area contributed by atoms with Crippen molar-refractivity contribution in [1.82, 2.24) is 0 Å². The van der Waals surface area contributed by atoms with Crippen LogP contribution < -0.4 is 4.18 Å². The fourth-order valence-electron chi connectivity index (χ4n) is 3.04. The van der Waals surface area contributed by atoms with Crippen molar-refractivity contribution in [2.75, 3.05) is 0 Å². The highest BCUT2D eigenvalue weighted by molar-refractivity contribution is 7.87. The number of nitrogens with zero attached hydrogens (tertiary/aromatic N) is 1. The number of hydrogen-bond donors (Lipinski definition) is 0. The van der Waals surface area contributed by atoms with Gasteiger partial charge in [0.05, 0.1) is 5.69 Å². The van der Waals surface area contributed by atoms with Gasteiger partial charge >= 0.3 is 10.1 Å². The molecule has 0 N–H and O–H groups in total. The van der Waals surface area contributed by atoms with Crippen molar-refractivity contribution in [3.05, 3.63) is 101 Å². The maximum Gasteiger partial charge on any atom is 0.339 e. The van der Waals surface area contributed by atoms with Crippen LogP contribution in [-0.4, -0.2) is 14.6 Å². The van der Waals surface area contributed by atoms with Crippen molar-refractivity contribution in [1.29, 1.82) is 0 Å². The molecule has 30 heavy (non-hydrogen) atoms. The minimum absolute atomic E-state index is 0.0892. The molecule has 150 valence electrons. The van der Waals surface area contributed by atoms with Crippen molar-refractivity contribution in [2.24, 2.45) is 4.99 Å². The van der Waals surface area contributed by atoms with Crippen molar-refractivity contribution in [3.63, 3.8) is 0 Å². The SMILES string of the molecule is Cc1ccc(N=Cc2c(OS(=O)(=O)c3ccccc3)ccc3ccccc23)cc1Cl. The molecule has 4 rings (SSSR count). The van der Waals surface area contributed by atoms with Crippen LogP contribution in [0.25, 0.3) is 10.8 Å². The van der Waals surface area contributed by atoms with E-state index in [2.05, 4.69) is 4.99 Å². The second-order valence-electron chi connectivity index (χ2n) is 6.74. The van der Waals surface area contributed by atoms with Crippen LogP contribution in [0.1, 0.15) is 11.1 Å². The number of benzene rings is 4. The summed E-state index contributed by atoms with van der Waals surface area (Å²) in [5, 5.41) is 2.40. The molecule has 0 amide bonds. The summed E-state index contributed by atoms with van der Waals surface area (Å²) in [7, 11) is -3.98. The number of rotatable bonds is 5. The van der Waals surface area contributed by atoms with Crippen LogP contribution in [0, 0.1) is 6.92 Å². The summed E-state index contributed by atoms with van der Waals surface area (Å²) in [6, 6.07) is 24.7. The van der Waals surface area contributed by atoms with Gasteiger partial charge in [0, 0.05) is 16.8 Å². The molecular weight excluding hydrogens is 418 g/mol. The Morgan fingerprint density at radius 1 is 0.900 bits per heavy atom. The van der Waals surface area contributed by atoms with Gasteiger partial charge in [0.25, 0.3) is 0 Å². The second kappa shape index (κ2) is 8.30. The third-order valence-corrected chi connectivity index (χ3v) is 6.32. The number of hydrogen-bond acceptors (Lipinski definition) is 4. The maximum atomic E-state index is 12.8. The van der Waals surface area contributed by atoms with Gasteiger partial charge in [-0.25, -0.2) is 0 Å². The second-order valence-corrected chi connectivity index (χ2v) is 8.69. The highest BCUT2D eigenvalue weighted by Crippen LogP contribution is 2.30. The molecule has 0 saturated heterocycles. The Hall–Kier alpha value is -3.15. The van der Waals surface area contributed by atoms with Gasteiger partial charge in [-0.3, -0.25) is 4.99 Å². The molecule has 4 nitrogen and oxygen atoms in total. The molecule has 0 unspecified atom stereocenters. The van der Waals surface area contributed by atoms with E-state index in [9.17, 15) is 8.42 Å². The van der Waals surface area contributed by atoms with Gasteiger partial charge in [0.1, 0.15) is 4.90 Å². The fourth-order valence-corrected chi connectivity index (χ4v) is 4.18. The van der Waals surface area contributed by atoms with Crippen LogP contribution in [0.3, 0.4) is 0 Å². The lowest BCUT2D eigenvalue weighted by Gasteiger charge is -2.12. The minimum atomic E-state index is -3.98. The Balaban J connectivity index is 1.80. The molecule has 4 aromatic rings. The molecule has 0 aliphatic carbocycles. The first-order valence-electron chi connectivity index (χ1n) is 9.25. The van der Waals surface area contributed by atoms with Gasteiger partial charge in [0.15, 0.2) is 5.75 Å². The third-order valence-electron chi connectivity index (χ3n) is 4.66. The zero-order valence-electron chi connectivity index (χ0n) is 16.1. The highest BCUT2D eigenvalue weighted by Gasteiger charge is 2.19. The summed E-state index contributed by atoms with van der Waals surface area (Å²) in [6.07, 6.45) is 1.61. The van der Waals surface area contributed by atoms with Crippen LogP contribution >= 0.6 is 11.6 Å². The summed E-state index contributed by atoms with van der Waals surface area (Å²) in [6.45, 7) is 1.92. The summed E-state index contributed by atoms with van der Waals surface area (Å²) >= 11 is 6.20. The van der Waals surface area contributed by atoms with E-state index in [-0.39, 0.29) is 10.6 Å². The van der Waals surface area contributed by atoms with Gasteiger partial charge in [-0.1, -0.05) is 66.2 Å². The molecule has 0 aromatic heterocycles. The lowest BCUT2D eigenvalue weighted by molar-refractivity contribution is 0.486. The Labute approximate surface area is 180 Å². The summed E-state index contributed by atoms with van der Waals surface area (Å²) < 4.78 is 31.0. The average Bonchev–Trinajstić information content (AvgIpc) is 2.75. The zero-order valence-corrected chi connectivity index (χ0v) is 17.7. The summed E-state index contributed by atoms with van der Waals surface area (Å²) in [4.78, 5) is 4.60. The quantitative estimate of drug-likeness (QED) is 0.272. The normalized spacial score (nSPS) is 11.8. The standard InChI is InChI=1S/C24H18ClNO3S/c1-17-11-13-19(15-23(17)25)26-16-22-21-10-6-5-7-18(21)12-14-24(22)29-30(27,28)20-8-3-2-4-9-20/h2-16H,1H3. The summed E-state index contributed by atoms with van der Waals surface area (Å²) in [5.74, 6) is 0.208. The van der Waals surface area contributed by atoms with Crippen LogP contribution in [0.2, 0.25) is 5.02 Å². The number of aryl methyl sites for hydroxylation is 1. The van der Waals surface area contributed by atoms with E-state index < -0.39 is 10.1 Å². The van der Waals surface area contributed by atoms with E-state index in [1.807, 2.05) is 49.4 Å². The van der Waals surface area contributed by atoms with Gasteiger partial charge in [-0.15, -0.1) is 0 Å². The van der Waals surface area contributed by atoms with E-state index in [1.54, 1.807) is 36.5 Å². The van der Waals surface area contributed by atoms with Crippen molar-refractivity contribution >= 4 is 44.4 Å². The van der Waals surface area contributed by atoms with Crippen molar-refractivity contribution in [2.45, 2.75) is 11.8 Å². The van der Waals surface area contributed by atoms with E-state index in [0.29, 0.717) is 16.3 Å². The van der Waals surface area contributed by atoms with E-state index in [1.165, 1.54) is 12.1 Å². The first-order chi connectivity index (χ1) is 14.4. The van der Waals surface area contributed by atoms with E-state index in [0.717, 1.165) is 16.3 Å². The smallest absolute Gasteiger partial charge is 0.339 e. The van der Waals surface area contributed by atoms with Gasteiger partial charge in [-0.05, 0) is 53.6 Å². The third kappa shape index (κ3) is 4.22. The fraction of sp³-hybridized carbons (Fsp3) is 0.0417. The lowest BCUT2D eigenvalue weighted by atomic mass is 10.0. The minimum Gasteiger partial charge on any atom is -0.378 e. The average molecular weight is 436 g/mol. The molecule has 0 bridgehead atoms. The van der Waals surface area contributed by atoms with Gasteiger partial charge < -0.3 is 4.18 Å². The molecule has 0 spiro atoms. The topological polar surface area (TPSA) is 55.7 Å². The van der Waals surface area contributed by atoms with Crippen LogP contribution in [-0.2, 0) is 10.1 Å². The number of halogens is 1. The van der Waals surface area contributed by atoms with Crippen molar-refractivity contribution in [3.8, 4) is 5.75 Å².